The molecule has 0 aliphatic rings. The first kappa shape index (κ1) is 11.5. The predicted molar refractivity (Wildman–Crippen MR) is 59.9 cm³/mol. The Bertz CT molecular complexity index is 393. The van der Waals surface area contributed by atoms with Crippen LogP contribution in [0, 0.1) is 25.2 Å². The Morgan fingerprint density at radius 1 is 1.33 bits per heavy atom. The van der Waals surface area contributed by atoms with Crippen molar-refractivity contribution in [2.75, 3.05) is 14.2 Å². The Balaban J connectivity index is 3.27. The van der Waals surface area contributed by atoms with E-state index < -0.39 is 0 Å². The molecular weight excluding hydrogens is 188 g/mol. The number of aryl methyl sites for hydroxylation is 2. The van der Waals surface area contributed by atoms with Crippen LogP contribution in [0.1, 0.15) is 22.7 Å². The van der Waals surface area contributed by atoms with E-state index in [1.165, 1.54) is 11.1 Å². The number of methoxy groups -OCH3 is 1. The lowest BCUT2D eigenvalue weighted by atomic mass is 10.0. The van der Waals surface area contributed by atoms with Gasteiger partial charge in [-0.25, -0.2) is 0 Å². The van der Waals surface area contributed by atoms with E-state index in [-0.39, 0.29) is 6.04 Å². The lowest BCUT2D eigenvalue weighted by Gasteiger charge is -2.15. The highest BCUT2D eigenvalue weighted by Gasteiger charge is 2.14. The Hall–Kier alpha value is -1.53. The van der Waals surface area contributed by atoms with Gasteiger partial charge in [0.2, 0.25) is 0 Å². The van der Waals surface area contributed by atoms with E-state index in [1.807, 2.05) is 26.0 Å². The second kappa shape index (κ2) is 4.81. The van der Waals surface area contributed by atoms with Crippen molar-refractivity contribution in [3.63, 3.8) is 0 Å². The average molecular weight is 204 g/mol. The molecule has 0 aromatic heterocycles. The van der Waals surface area contributed by atoms with Crippen LogP contribution in [0.5, 0.6) is 5.75 Å². The molecule has 0 saturated carbocycles. The highest BCUT2D eigenvalue weighted by molar-refractivity contribution is 5.45. The summed E-state index contributed by atoms with van der Waals surface area (Å²) in [4.78, 5) is 0. The Labute approximate surface area is 90.7 Å². The number of rotatable bonds is 3. The fourth-order valence-corrected chi connectivity index (χ4v) is 1.50. The fraction of sp³-hybridized carbons (Fsp3) is 0.417. The van der Waals surface area contributed by atoms with Crippen molar-refractivity contribution in [3.05, 3.63) is 28.8 Å². The van der Waals surface area contributed by atoms with Crippen molar-refractivity contribution < 1.29 is 4.74 Å². The SMILES string of the molecule is CNC(C#N)c1cc(C)c(C)cc1OC. The zero-order chi connectivity index (χ0) is 11.4. The van der Waals surface area contributed by atoms with Crippen LogP contribution < -0.4 is 10.1 Å². The number of benzene rings is 1. The van der Waals surface area contributed by atoms with Gasteiger partial charge in [0.1, 0.15) is 11.8 Å². The van der Waals surface area contributed by atoms with Crippen molar-refractivity contribution in [1.29, 1.82) is 5.26 Å². The van der Waals surface area contributed by atoms with Crippen molar-refractivity contribution in [2.24, 2.45) is 0 Å². The van der Waals surface area contributed by atoms with E-state index >= 15 is 0 Å². The number of nitrogens with zero attached hydrogens (tertiary/aromatic N) is 1. The van der Waals surface area contributed by atoms with Gasteiger partial charge < -0.3 is 10.1 Å². The van der Waals surface area contributed by atoms with Gasteiger partial charge in [0, 0.05) is 5.56 Å². The van der Waals surface area contributed by atoms with E-state index in [9.17, 15) is 0 Å². The zero-order valence-corrected chi connectivity index (χ0v) is 9.59. The molecule has 1 N–H and O–H groups in total. The van der Waals surface area contributed by atoms with Gasteiger partial charge >= 0.3 is 0 Å². The molecule has 1 aromatic carbocycles. The minimum absolute atomic E-state index is 0.320. The van der Waals surface area contributed by atoms with Crippen LogP contribution >= 0.6 is 0 Å². The molecule has 1 atom stereocenters. The molecule has 0 aliphatic heterocycles. The zero-order valence-electron chi connectivity index (χ0n) is 9.59. The Morgan fingerprint density at radius 3 is 2.40 bits per heavy atom. The van der Waals surface area contributed by atoms with Gasteiger partial charge in [-0.3, -0.25) is 0 Å². The maximum absolute atomic E-state index is 8.99. The molecule has 3 nitrogen and oxygen atoms in total. The van der Waals surface area contributed by atoms with Gasteiger partial charge in [0.05, 0.1) is 13.2 Å². The maximum Gasteiger partial charge on any atom is 0.124 e. The van der Waals surface area contributed by atoms with Crippen LogP contribution in [0.15, 0.2) is 12.1 Å². The van der Waals surface area contributed by atoms with Crippen LogP contribution in [0.4, 0.5) is 0 Å². The molecule has 15 heavy (non-hydrogen) atoms. The van der Waals surface area contributed by atoms with Gasteiger partial charge in [0.25, 0.3) is 0 Å². The van der Waals surface area contributed by atoms with Gasteiger partial charge in [-0.2, -0.15) is 5.26 Å². The first-order chi connectivity index (χ1) is 7.13. The molecule has 0 aliphatic carbocycles. The molecule has 0 spiro atoms. The van der Waals surface area contributed by atoms with Crippen LogP contribution in [0.2, 0.25) is 0 Å². The summed E-state index contributed by atoms with van der Waals surface area (Å²) in [5.74, 6) is 0.763. The summed E-state index contributed by atoms with van der Waals surface area (Å²) in [5.41, 5.74) is 3.23. The summed E-state index contributed by atoms with van der Waals surface area (Å²) >= 11 is 0. The molecule has 1 unspecified atom stereocenters. The van der Waals surface area contributed by atoms with Crippen LogP contribution in [-0.4, -0.2) is 14.2 Å². The third-order valence-electron chi connectivity index (χ3n) is 2.57. The molecule has 0 heterocycles. The summed E-state index contributed by atoms with van der Waals surface area (Å²) in [6, 6.07) is 5.84. The highest BCUT2D eigenvalue weighted by atomic mass is 16.5. The molecular formula is C12H16N2O. The van der Waals surface area contributed by atoms with Gasteiger partial charge in [0.15, 0.2) is 0 Å². The van der Waals surface area contributed by atoms with Gasteiger partial charge in [-0.15, -0.1) is 0 Å². The molecule has 1 rings (SSSR count). The largest absolute Gasteiger partial charge is 0.496 e. The standard InChI is InChI=1S/C12H16N2O/c1-8-5-10(11(7-13)14-3)12(15-4)6-9(8)2/h5-6,11,14H,1-4H3. The van der Waals surface area contributed by atoms with Gasteiger partial charge in [-0.05, 0) is 44.2 Å². The second-order valence-electron chi connectivity index (χ2n) is 3.53. The molecule has 0 radical (unpaired) electrons. The van der Waals surface area contributed by atoms with Crippen molar-refractivity contribution >= 4 is 0 Å². The lowest BCUT2D eigenvalue weighted by molar-refractivity contribution is 0.406. The minimum Gasteiger partial charge on any atom is -0.496 e. The summed E-state index contributed by atoms with van der Waals surface area (Å²) < 4.78 is 5.27. The molecule has 0 fully saturated rings. The number of nitrogens with one attached hydrogen (secondary N) is 1. The summed E-state index contributed by atoms with van der Waals surface area (Å²) in [7, 11) is 3.39. The first-order valence-electron chi connectivity index (χ1n) is 4.86. The molecule has 0 bridgehead atoms. The molecule has 1 aromatic rings. The van der Waals surface area contributed by atoms with E-state index in [4.69, 9.17) is 10.00 Å². The molecule has 3 heteroatoms. The van der Waals surface area contributed by atoms with Gasteiger partial charge in [-0.1, -0.05) is 0 Å². The molecule has 0 saturated heterocycles. The number of ether oxygens (including phenoxy) is 1. The monoisotopic (exact) mass is 204 g/mol. The van der Waals surface area contributed by atoms with E-state index in [0.717, 1.165) is 11.3 Å². The maximum atomic E-state index is 8.99. The second-order valence-corrected chi connectivity index (χ2v) is 3.53. The summed E-state index contributed by atoms with van der Waals surface area (Å²) in [6.45, 7) is 4.06. The molecule has 0 amide bonds. The van der Waals surface area contributed by atoms with Crippen molar-refractivity contribution in [1.82, 2.24) is 5.32 Å². The fourth-order valence-electron chi connectivity index (χ4n) is 1.50. The smallest absolute Gasteiger partial charge is 0.124 e. The minimum atomic E-state index is -0.320. The number of hydrogen-bond acceptors (Lipinski definition) is 3. The number of nitriles is 1. The lowest BCUT2D eigenvalue weighted by Crippen LogP contribution is -2.15. The van der Waals surface area contributed by atoms with Crippen LogP contribution in [0.3, 0.4) is 0 Å². The summed E-state index contributed by atoms with van der Waals surface area (Å²) in [5, 5.41) is 11.9. The summed E-state index contributed by atoms with van der Waals surface area (Å²) in [6.07, 6.45) is 0. The topological polar surface area (TPSA) is 45.0 Å². The van der Waals surface area contributed by atoms with E-state index in [1.54, 1.807) is 14.2 Å². The molecule has 80 valence electrons. The number of hydrogen-bond donors (Lipinski definition) is 1. The van der Waals surface area contributed by atoms with Crippen molar-refractivity contribution in [2.45, 2.75) is 19.9 Å². The third-order valence-corrected chi connectivity index (χ3v) is 2.57. The highest BCUT2D eigenvalue weighted by Crippen LogP contribution is 2.27. The van der Waals surface area contributed by atoms with E-state index in [0.29, 0.717) is 0 Å². The quantitative estimate of drug-likeness (QED) is 0.820. The van der Waals surface area contributed by atoms with Crippen molar-refractivity contribution in [3.8, 4) is 11.8 Å². The van der Waals surface area contributed by atoms with E-state index in [2.05, 4.69) is 11.4 Å². The first-order valence-corrected chi connectivity index (χ1v) is 4.86. The third kappa shape index (κ3) is 2.28. The predicted octanol–water partition coefficient (Wildman–Crippen LogP) is 2.10. The van der Waals surface area contributed by atoms with Crippen LogP contribution in [0.25, 0.3) is 0 Å². The average Bonchev–Trinajstić information content (AvgIpc) is 2.24. The normalized spacial score (nSPS) is 11.9. The Morgan fingerprint density at radius 2 is 1.93 bits per heavy atom. The Kier molecular flexibility index (Phi) is 3.70. The van der Waals surface area contributed by atoms with Crippen LogP contribution in [-0.2, 0) is 0 Å².